The summed E-state index contributed by atoms with van der Waals surface area (Å²) in [7, 11) is 1.82. The van der Waals surface area contributed by atoms with Crippen molar-refractivity contribution in [3.63, 3.8) is 0 Å². The van der Waals surface area contributed by atoms with Crippen molar-refractivity contribution in [1.82, 2.24) is 4.98 Å². The Kier molecular flexibility index (Phi) is 4.66. The summed E-state index contributed by atoms with van der Waals surface area (Å²) >= 11 is 9.54. The Hall–Kier alpha value is -1.26. The molecule has 0 fully saturated rings. The van der Waals surface area contributed by atoms with E-state index < -0.39 is 0 Å². The lowest BCUT2D eigenvalue weighted by Crippen LogP contribution is -2.02. The molecule has 0 amide bonds. The van der Waals surface area contributed by atoms with Gasteiger partial charge in [0.2, 0.25) is 0 Å². The van der Waals surface area contributed by atoms with Crippen LogP contribution in [-0.2, 0) is 6.61 Å². The Morgan fingerprint density at radius 3 is 2.84 bits per heavy atom. The molecule has 1 aromatic carbocycles. The zero-order valence-electron chi connectivity index (χ0n) is 10.7. The number of ether oxygens (including phenoxy) is 1. The molecule has 1 N–H and O–H groups in total. The van der Waals surface area contributed by atoms with Crippen LogP contribution in [0.5, 0.6) is 5.75 Å². The van der Waals surface area contributed by atoms with Crippen molar-refractivity contribution < 1.29 is 4.74 Å². The summed E-state index contributed by atoms with van der Waals surface area (Å²) in [6.07, 6.45) is 0. The van der Waals surface area contributed by atoms with Crippen molar-refractivity contribution in [2.24, 2.45) is 0 Å². The van der Waals surface area contributed by atoms with Crippen LogP contribution in [0.3, 0.4) is 0 Å². The van der Waals surface area contributed by atoms with Gasteiger partial charge in [0.1, 0.15) is 18.2 Å². The number of hydrogen-bond donors (Lipinski definition) is 1. The zero-order valence-corrected chi connectivity index (χ0v) is 13.0. The van der Waals surface area contributed by atoms with E-state index in [1.165, 1.54) is 0 Å². The summed E-state index contributed by atoms with van der Waals surface area (Å²) in [6, 6.07) is 9.56. The third kappa shape index (κ3) is 3.61. The fourth-order valence-electron chi connectivity index (χ4n) is 1.60. The van der Waals surface area contributed by atoms with E-state index >= 15 is 0 Å². The summed E-state index contributed by atoms with van der Waals surface area (Å²) in [4.78, 5) is 4.38. The molecule has 0 saturated heterocycles. The average molecular weight is 342 g/mol. The van der Waals surface area contributed by atoms with E-state index in [0.29, 0.717) is 17.3 Å². The van der Waals surface area contributed by atoms with Crippen LogP contribution in [0.2, 0.25) is 5.02 Å². The molecule has 2 aromatic rings. The molecule has 19 heavy (non-hydrogen) atoms. The molecule has 0 saturated carbocycles. The van der Waals surface area contributed by atoms with E-state index in [9.17, 15) is 0 Å². The molecular weight excluding hydrogens is 328 g/mol. The molecule has 0 atom stereocenters. The zero-order chi connectivity index (χ0) is 13.8. The molecule has 2 rings (SSSR count). The summed E-state index contributed by atoms with van der Waals surface area (Å²) < 4.78 is 6.76. The monoisotopic (exact) mass is 340 g/mol. The normalized spacial score (nSPS) is 10.3. The van der Waals surface area contributed by atoms with Gasteiger partial charge < -0.3 is 10.1 Å². The van der Waals surface area contributed by atoms with Gasteiger partial charge in [-0.05, 0) is 36.8 Å². The van der Waals surface area contributed by atoms with Crippen LogP contribution < -0.4 is 10.1 Å². The molecule has 0 unspecified atom stereocenters. The van der Waals surface area contributed by atoms with Gasteiger partial charge in [-0.2, -0.15) is 0 Å². The fourth-order valence-corrected chi connectivity index (χ4v) is 2.10. The lowest BCUT2D eigenvalue weighted by atomic mass is 10.2. The number of hydrogen-bond acceptors (Lipinski definition) is 3. The highest BCUT2D eigenvalue weighted by atomic mass is 79.9. The largest absolute Gasteiger partial charge is 0.487 e. The quantitative estimate of drug-likeness (QED) is 0.893. The van der Waals surface area contributed by atoms with Gasteiger partial charge in [0.25, 0.3) is 0 Å². The number of pyridine rings is 1. The molecule has 0 aliphatic carbocycles. The van der Waals surface area contributed by atoms with Gasteiger partial charge >= 0.3 is 0 Å². The van der Waals surface area contributed by atoms with Crippen LogP contribution in [0.25, 0.3) is 0 Å². The molecule has 0 spiro atoms. The van der Waals surface area contributed by atoms with E-state index in [-0.39, 0.29) is 0 Å². The number of rotatable bonds is 4. The number of nitrogens with one attached hydrogen (secondary N) is 1. The Morgan fingerprint density at radius 1 is 1.32 bits per heavy atom. The van der Waals surface area contributed by atoms with Crippen LogP contribution in [0.4, 0.5) is 5.82 Å². The van der Waals surface area contributed by atoms with Crippen LogP contribution in [0.1, 0.15) is 11.3 Å². The topological polar surface area (TPSA) is 34.1 Å². The van der Waals surface area contributed by atoms with Crippen LogP contribution in [0.15, 0.2) is 34.8 Å². The first-order valence-electron chi connectivity index (χ1n) is 5.82. The second kappa shape index (κ2) is 6.26. The van der Waals surface area contributed by atoms with Crippen LogP contribution >= 0.6 is 27.5 Å². The summed E-state index contributed by atoms with van der Waals surface area (Å²) in [5, 5.41) is 3.58. The Labute approximate surface area is 126 Å². The lowest BCUT2D eigenvalue weighted by molar-refractivity contribution is 0.299. The van der Waals surface area contributed by atoms with Gasteiger partial charge in [0.15, 0.2) is 0 Å². The van der Waals surface area contributed by atoms with Crippen molar-refractivity contribution in [1.29, 1.82) is 0 Å². The predicted molar refractivity (Wildman–Crippen MR) is 82.0 cm³/mol. The smallest absolute Gasteiger partial charge is 0.132 e. The van der Waals surface area contributed by atoms with Gasteiger partial charge in [-0.25, -0.2) is 4.98 Å². The van der Waals surface area contributed by atoms with Crippen LogP contribution in [-0.4, -0.2) is 12.0 Å². The first kappa shape index (κ1) is 14.2. The molecule has 0 bridgehead atoms. The van der Waals surface area contributed by atoms with E-state index in [0.717, 1.165) is 21.6 Å². The van der Waals surface area contributed by atoms with E-state index in [2.05, 4.69) is 26.2 Å². The van der Waals surface area contributed by atoms with Gasteiger partial charge in [0, 0.05) is 11.5 Å². The minimum atomic E-state index is 0.339. The molecule has 1 heterocycles. The Morgan fingerprint density at radius 2 is 2.11 bits per heavy atom. The standard InChI is InChI=1S/C14H14BrClN2O/c1-9-3-4-10(15)7-13(9)19-8-12-11(16)5-6-14(17-2)18-12/h3-7H,8H2,1-2H3,(H,17,18). The number of aromatic nitrogens is 1. The summed E-state index contributed by atoms with van der Waals surface area (Å²) in [6.45, 7) is 2.34. The molecule has 0 aliphatic heterocycles. The molecular formula is C14H14BrClN2O. The molecule has 0 aliphatic rings. The summed E-state index contributed by atoms with van der Waals surface area (Å²) in [5.74, 6) is 1.59. The highest BCUT2D eigenvalue weighted by Crippen LogP contribution is 2.25. The second-order valence-corrected chi connectivity index (χ2v) is 5.40. The first-order valence-corrected chi connectivity index (χ1v) is 6.99. The number of anilines is 1. The molecule has 0 radical (unpaired) electrons. The molecule has 100 valence electrons. The van der Waals surface area contributed by atoms with Crippen molar-refractivity contribution in [2.45, 2.75) is 13.5 Å². The van der Waals surface area contributed by atoms with Gasteiger partial charge in [-0.15, -0.1) is 0 Å². The number of halogens is 2. The first-order chi connectivity index (χ1) is 9.10. The lowest BCUT2D eigenvalue weighted by Gasteiger charge is -2.11. The van der Waals surface area contributed by atoms with Gasteiger partial charge in [0.05, 0.1) is 10.7 Å². The molecule has 1 aromatic heterocycles. The third-order valence-electron chi connectivity index (χ3n) is 2.69. The van der Waals surface area contributed by atoms with Crippen molar-refractivity contribution >= 4 is 33.3 Å². The average Bonchev–Trinajstić information content (AvgIpc) is 2.41. The predicted octanol–water partition coefficient (Wildman–Crippen LogP) is 4.43. The van der Waals surface area contributed by atoms with E-state index in [1.54, 1.807) is 0 Å². The van der Waals surface area contributed by atoms with E-state index in [4.69, 9.17) is 16.3 Å². The minimum Gasteiger partial charge on any atom is -0.487 e. The Balaban J connectivity index is 2.16. The highest BCUT2D eigenvalue weighted by Gasteiger charge is 2.06. The molecule has 5 heteroatoms. The number of benzene rings is 1. The highest BCUT2D eigenvalue weighted by molar-refractivity contribution is 9.10. The maximum atomic E-state index is 6.11. The van der Waals surface area contributed by atoms with E-state index in [1.807, 2.05) is 44.3 Å². The summed E-state index contributed by atoms with van der Waals surface area (Å²) in [5.41, 5.74) is 1.79. The third-order valence-corrected chi connectivity index (χ3v) is 3.53. The van der Waals surface area contributed by atoms with Crippen LogP contribution in [0, 0.1) is 6.92 Å². The Bertz CT molecular complexity index is 590. The fraction of sp³-hybridized carbons (Fsp3) is 0.214. The van der Waals surface area contributed by atoms with Gasteiger partial charge in [-0.3, -0.25) is 0 Å². The molecule has 3 nitrogen and oxygen atoms in total. The SMILES string of the molecule is CNc1ccc(Cl)c(COc2cc(Br)ccc2C)n1. The maximum absolute atomic E-state index is 6.11. The van der Waals surface area contributed by atoms with Gasteiger partial charge in [-0.1, -0.05) is 33.6 Å². The maximum Gasteiger partial charge on any atom is 0.132 e. The minimum absolute atomic E-state index is 0.339. The second-order valence-electron chi connectivity index (χ2n) is 4.07. The number of aryl methyl sites for hydroxylation is 1. The van der Waals surface area contributed by atoms with Crippen molar-refractivity contribution in [3.05, 3.63) is 51.1 Å². The van der Waals surface area contributed by atoms with Crippen molar-refractivity contribution in [2.75, 3.05) is 12.4 Å². The number of nitrogens with zero attached hydrogens (tertiary/aromatic N) is 1. The van der Waals surface area contributed by atoms with Crippen molar-refractivity contribution in [3.8, 4) is 5.75 Å².